The Balaban J connectivity index is 2.21. The van der Waals surface area contributed by atoms with Crippen molar-refractivity contribution in [3.05, 3.63) is 28.6 Å². The van der Waals surface area contributed by atoms with Crippen LogP contribution in [0.2, 0.25) is 0 Å². The van der Waals surface area contributed by atoms with Crippen molar-refractivity contribution in [2.45, 2.75) is 6.92 Å². The van der Waals surface area contributed by atoms with Crippen molar-refractivity contribution in [3.63, 3.8) is 0 Å². The van der Waals surface area contributed by atoms with E-state index in [9.17, 15) is 4.79 Å². The molecule has 6 heteroatoms. The number of fused-ring (bicyclic) bond motifs is 1. The third kappa shape index (κ3) is 2.78. The minimum Gasteiger partial charge on any atom is -0.399 e. The molecule has 18 heavy (non-hydrogen) atoms. The maximum atomic E-state index is 11.8. The van der Waals surface area contributed by atoms with E-state index < -0.39 is 0 Å². The number of benzene rings is 1. The molecule has 0 unspecified atom stereocenters. The van der Waals surface area contributed by atoms with E-state index >= 15 is 0 Å². The molecule has 0 saturated carbocycles. The van der Waals surface area contributed by atoms with Crippen LogP contribution in [0, 0.1) is 0 Å². The maximum absolute atomic E-state index is 11.8. The number of rotatable bonds is 5. The smallest absolute Gasteiger partial charge is 0.260 e. The van der Waals surface area contributed by atoms with E-state index in [-0.39, 0.29) is 5.56 Å². The molecule has 2 rings (SSSR count). The van der Waals surface area contributed by atoms with Gasteiger partial charge in [-0.15, -0.1) is 0 Å². The molecule has 1 aromatic carbocycles. The van der Waals surface area contributed by atoms with E-state index in [1.807, 2.05) is 6.92 Å². The van der Waals surface area contributed by atoms with Gasteiger partial charge < -0.3 is 15.8 Å². The first-order valence-corrected chi connectivity index (χ1v) is 5.82. The molecular weight excluding hydrogens is 232 g/mol. The monoisotopic (exact) mass is 248 g/mol. The number of aromatic amines is 1. The summed E-state index contributed by atoms with van der Waals surface area (Å²) < 4.78 is 5.19. The highest BCUT2D eigenvalue weighted by molar-refractivity contribution is 5.81. The van der Waals surface area contributed by atoms with Crippen LogP contribution in [0.1, 0.15) is 6.92 Å². The number of H-pyrrole nitrogens is 1. The van der Waals surface area contributed by atoms with Gasteiger partial charge in [0.05, 0.1) is 17.5 Å². The summed E-state index contributed by atoms with van der Waals surface area (Å²) in [5, 5.41) is 3.50. The standard InChI is InChI=1S/C12H16N4O2/c1-2-18-6-5-14-12-15-10-4-3-8(13)7-9(10)11(17)16-12/h3-4,7H,2,5-6,13H2,1H3,(H2,14,15,16,17). The number of anilines is 2. The summed E-state index contributed by atoms with van der Waals surface area (Å²) in [5.74, 6) is 0.442. The molecule has 1 aromatic heterocycles. The van der Waals surface area contributed by atoms with Gasteiger partial charge in [-0.05, 0) is 25.1 Å². The number of nitrogens with one attached hydrogen (secondary N) is 2. The SMILES string of the molecule is CCOCCNc1nc2ccc(N)cc2c(=O)[nH]1. The summed E-state index contributed by atoms with van der Waals surface area (Å²) in [5.41, 5.74) is 6.59. The Labute approximate surface area is 104 Å². The molecule has 0 saturated heterocycles. The quantitative estimate of drug-likeness (QED) is 0.541. The number of aromatic nitrogens is 2. The van der Waals surface area contributed by atoms with E-state index in [0.29, 0.717) is 42.3 Å². The molecule has 0 aliphatic heterocycles. The summed E-state index contributed by atoms with van der Waals surface area (Å²) in [6, 6.07) is 5.07. The first-order valence-electron chi connectivity index (χ1n) is 5.82. The lowest BCUT2D eigenvalue weighted by molar-refractivity contribution is 0.158. The second kappa shape index (κ2) is 5.50. The molecule has 0 atom stereocenters. The predicted molar refractivity (Wildman–Crippen MR) is 71.8 cm³/mol. The fourth-order valence-corrected chi connectivity index (χ4v) is 1.63. The van der Waals surface area contributed by atoms with Crippen molar-refractivity contribution >= 4 is 22.5 Å². The van der Waals surface area contributed by atoms with Gasteiger partial charge in [-0.25, -0.2) is 4.98 Å². The Bertz CT molecular complexity index is 594. The van der Waals surface area contributed by atoms with Crippen LogP contribution >= 0.6 is 0 Å². The number of nitrogen functional groups attached to an aromatic ring is 1. The molecule has 96 valence electrons. The molecule has 0 fully saturated rings. The minimum absolute atomic E-state index is 0.203. The number of ether oxygens (including phenoxy) is 1. The molecule has 6 nitrogen and oxygen atoms in total. The van der Waals surface area contributed by atoms with Gasteiger partial charge in [0.1, 0.15) is 0 Å². The highest BCUT2D eigenvalue weighted by atomic mass is 16.5. The van der Waals surface area contributed by atoms with Crippen LogP contribution in [-0.2, 0) is 4.74 Å². The van der Waals surface area contributed by atoms with Crippen LogP contribution in [0.4, 0.5) is 11.6 Å². The first-order chi connectivity index (χ1) is 8.70. The molecule has 0 aliphatic rings. The van der Waals surface area contributed by atoms with Crippen molar-refractivity contribution in [2.75, 3.05) is 30.8 Å². The third-order valence-corrected chi connectivity index (χ3v) is 2.47. The Morgan fingerprint density at radius 2 is 2.33 bits per heavy atom. The van der Waals surface area contributed by atoms with E-state index in [2.05, 4.69) is 15.3 Å². The second-order valence-electron chi connectivity index (χ2n) is 3.81. The van der Waals surface area contributed by atoms with E-state index in [4.69, 9.17) is 10.5 Å². The average molecular weight is 248 g/mol. The van der Waals surface area contributed by atoms with Gasteiger partial charge in [0, 0.05) is 18.8 Å². The molecule has 0 radical (unpaired) electrons. The summed E-state index contributed by atoms with van der Waals surface area (Å²) in [7, 11) is 0. The van der Waals surface area contributed by atoms with Crippen LogP contribution in [0.5, 0.6) is 0 Å². The van der Waals surface area contributed by atoms with E-state index in [1.165, 1.54) is 0 Å². The zero-order valence-electron chi connectivity index (χ0n) is 10.2. The highest BCUT2D eigenvalue weighted by Crippen LogP contribution is 2.12. The Morgan fingerprint density at radius 1 is 1.50 bits per heavy atom. The van der Waals surface area contributed by atoms with E-state index in [0.717, 1.165) is 0 Å². The summed E-state index contributed by atoms with van der Waals surface area (Å²) in [6.45, 7) is 3.76. The Hall–Kier alpha value is -2.08. The maximum Gasteiger partial charge on any atom is 0.260 e. The van der Waals surface area contributed by atoms with Crippen molar-refractivity contribution < 1.29 is 4.74 Å². The van der Waals surface area contributed by atoms with Crippen molar-refractivity contribution in [1.29, 1.82) is 0 Å². The zero-order valence-corrected chi connectivity index (χ0v) is 10.2. The van der Waals surface area contributed by atoms with Gasteiger partial charge in [0.25, 0.3) is 5.56 Å². The topological polar surface area (TPSA) is 93.0 Å². The lowest BCUT2D eigenvalue weighted by Crippen LogP contribution is -2.16. The summed E-state index contributed by atoms with van der Waals surface area (Å²) >= 11 is 0. The van der Waals surface area contributed by atoms with Crippen molar-refractivity contribution in [1.82, 2.24) is 9.97 Å². The molecule has 0 aliphatic carbocycles. The fourth-order valence-electron chi connectivity index (χ4n) is 1.63. The van der Waals surface area contributed by atoms with Crippen LogP contribution in [0.3, 0.4) is 0 Å². The van der Waals surface area contributed by atoms with Gasteiger partial charge in [-0.1, -0.05) is 0 Å². The van der Waals surface area contributed by atoms with Gasteiger partial charge >= 0.3 is 0 Å². The minimum atomic E-state index is -0.203. The fraction of sp³-hybridized carbons (Fsp3) is 0.333. The van der Waals surface area contributed by atoms with Crippen molar-refractivity contribution in [3.8, 4) is 0 Å². The largest absolute Gasteiger partial charge is 0.399 e. The predicted octanol–water partition coefficient (Wildman–Crippen LogP) is 0.954. The molecule has 4 N–H and O–H groups in total. The van der Waals surface area contributed by atoms with Crippen LogP contribution < -0.4 is 16.6 Å². The number of nitrogens with two attached hydrogens (primary N) is 1. The Kier molecular flexibility index (Phi) is 3.78. The average Bonchev–Trinajstić information content (AvgIpc) is 2.36. The lowest BCUT2D eigenvalue weighted by Gasteiger charge is -2.06. The normalized spacial score (nSPS) is 10.7. The number of nitrogens with zero attached hydrogens (tertiary/aromatic N) is 1. The van der Waals surface area contributed by atoms with Crippen molar-refractivity contribution in [2.24, 2.45) is 0 Å². The van der Waals surface area contributed by atoms with Crippen LogP contribution in [0.15, 0.2) is 23.0 Å². The number of hydrogen-bond donors (Lipinski definition) is 3. The van der Waals surface area contributed by atoms with Crippen LogP contribution in [-0.4, -0.2) is 29.7 Å². The second-order valence-corrected chi connectivity index (χ2v) is 3.81. The van der Waals surface area contributed by atoms with E-state index in [1.54, 1.807) is 18.2 Å². The molecule has 2 aromatic rings. The summed E-state index contributed by atoms with van der Waals surface area (Å²) in [4.78, 5) is 18.8. The molecular formula is C12H16N4O2. The molecule has 1 heterocycles. The first kappa shape index (κ1) is 12.4. The van der Waals surface area contributed by atoms with Gasteiger partial charge in [-0.2, -0.15) is 0 Å². The summed E-state index contributed by atoms with van der Waals surface area (Å²) in [6.07, 6.45) is 0. The van der Waals surface area contributed by atoms with Gasteiger partial charge in [-0.3, -0.25) is 9.78 Å². The van der Waals surface area contributed by atoms with Gasteiger partial charge in [0.15, 0.2) is 0 Å². The third-order valence-electron chi connectivity index (χ3n) is 2.47. The number of hydrogen-bond acceptors (Lipinski definition) is 5. The van der Waals surface area contributed by atoms with Gasteiger partial charge in [0.2, 0.25) is 5.95 Å². The molecule has 0 amide bonds. The van der Waals surface area contributed by atoms with Crippen LogP contribution in [0.25, 0.3) is 10.9 Å². The Morgan fingerprint density at radius 3 is 3.11 bits per heavy atom. The highest BCUT2D eigenvalue weighted by Gasteiger charge is 2.03. The molecule has 0 bridgehead atoms. The zero-order chi connectivity index (χ0) is 13.0. The lowest BCUT2D eigenvalue weighted by atomic mass is 10.2. The molecule has 0 spiro atoms.